The molecule has 6 heteroatoms. The van der Waals surface area contributed by atoms with Crippen molar-refractivity contribution in [3.05, 3.63) is 70.3 Å². The molecule has 2 N–H and O–H groups in total. The molecular weight excluding hydrogens is 280 g/mol. The SMILES string of the molecule is Cn1cc(C(=O)N/N=C\c2c[nH]c3ccccc23)ccc1=O. The molecule has 0 bridgehead atoms. The van der Waals surface area contributed by atoms with Gasteiger partial charge in [0.05, 0.1) is 11.8 Å². The molecule has 0 saturated heterocycles. The molecule has 1 amide bonds. The van der Waals surface area contributed by atoms with Crippen molar-refractivity contribution in [2.75, 3.05) is 0 Å². The van der Waals surface area contributed by atoms with Crippen LogP contribution in [0.3, 0.4) is 0 Å². The van der Waals surface area contributed by atoms with E-state index in [4.69, 9.17) is 0 Å². The van der Waals surface area contributed by atoms with E-state index in [0.29, 0.717) is 5.56 Å². The Balaban J connectivity index is 1.75. The van der Waals surface area contributed by atoms with Gasteiger partial charge in [-0.15, -0.1) is 0 Å². The van der Waals surface area contributed by atoms with E-state index in [9.17, 15) is 9.59 Å². The second-order valence-electron chi connectivity index (χ2n) is 4.86. The van der Waals surface area contributed by atoms with Gasteiger partial charge in [-0.3, -0.25) is 9.59 Å². The molecule has 0 saturated carbocycles. The first-order valence-corrected chi connectivity index (χ1v) is 6.71. The minimum absolute atomic E-state index is 0.168. The number of nitrogens with one attached hydrogen (secondary N) is 2. The van der Waals surface area contributed by atoms with Crippen LogP contribution in [0.15, 0.2) is 58.7 Å². The molecule has 22 heavy (non-hydrogen) atoms. The van der Waals surface area contributed by atoms with Crippen molar-refractivity contribution < 1.29 is 4.79 Å². The summed E-state index contributed by atoms with van der Waals surface area (Å²) in [4.78, 5) is 26.4. The normalized spacial score (nSPS) is 11.1. The number of rotatable bonds is 3. The maximum absolute atomic E-state index is 12.0. The van der Waals surface area contributed by atoms with Gasteiger partial charge in [0.25, 0.3) is 5.91 Å². The van der Waals surface area contributed by atoms with E-state index >= 15 is 0 Å². The third kappa shape index (κ3) is 2.67. The van der Waals surface area contributed by atoms with Crippen LogP contribution in [0, 0.1) is 0 Å². The van der Waals surface area contributed by atoms with Gasteiger partial charge in [0.15, 0.2) is 0 Å². The predicted octanol–water partition coefficient (Wildman–Crippen LogP) is 1.63. The number of fused-ring (bicyclic) bond motifs is 1. The molecule has 110 valence electrons. The Morgan fingerprint density at radius 2 is 2.09 bits per heavy atom. The summed E-state index contributed by atoms with van der Waals surface area (Å²) in [7, 11) is 1.59. The van der Waals surface area contributed by atoms with Crippen molar-refractivity contribution >= 4 is 23.0 Å². The Morgan fingerprint density at radius 3 is 2.91 bits per heavy atom. The quantitative estimate of drug-likeness (QED) is 0.569. The van der Waals surface area contributed by atoms with E-state index in [0.717, 1.165) is 16.5 Å². The number of hydrazone groups is 1. The van der Waals surface area contributed by atoms with Crippen LogP contribution in [-0.4, -0.2) is 21.7 Å². The highest BCUT2D eigenvalue weighted by Crippen LogP contribution is 2.15. The molecule has 0 aliphatic rings. The van der Waals surface area contributed by atoms with E-state index in [2.05, 4.69) is 15.5 Å². The zero-order valence-corrected chi connectivity index (χ0v) is 11.9. The van der Waals surface area contributed by atoms with Crippen LogP contribution < -0.4 is 11.0 Å². The number of aryl methyl sites for hydroxylation is 1. The molecular formula is C16H14N4O2. The van der Waals surface area contributed by atoms with Gasteiger partial charge in [-0.05, 0) is 12.1 Å². The fourth-order valence-corrected chi connectivity index (χ4v) is 2.15. The summed E-state index contributed by atoms with van der Waals surface area (Å²) in [6, 6.07) is 10.6. The van der Waals surface area contributed by atoms with Crippen molar-refractivity contribution in [2.45, 2.75) is 0 Å². The van der Waals surface area contributed by atoms with E-state index in [1.54, 1.807) is 13.3 Å². The molecule has 6 nitrogen and oxygen atoms in total. The zero-order chi connectivity index (χ0) is 15.5. The predicted molar refractivity (Wildman–Crippen MR) is 85.0 cm³/mol. The maximum atomic E-state index is 12.0. The van der Waals surface area contributed by atoms with Gasteiger partial charge in [0.2, 0.25) is 5.56 Å². The second-order valence-corrected chi connectivity index (χ2v) is 4.86. The molecule has 1 aromatic carbocycles. The standard InChI is InChI=1S/C16H14N4O2/c1-20-10-11(6-7-15(20)21)16(22)19-18-9-12-8-17-14-5-3-2-4-13(12)14/h2-10,17H,1H3,(H,19,22)/b18-9-. The van der Waals surface area contributed by atoms with Crippen LogP contribution in [0.4, 0.5) is 0 Å². The molecule has 0 fully saturated rings. The molecule has 3 aromatic rings. The number of amides is 1. The molecule has 3 rings (SSSR count). The van der Waals surface area contributed by atoms with Crippen LogP contribution in [0.2, 0.25) is 0 Å². The lowest BCUT2D eigenvalue weighted by molar-refractivity contribution is 0.0954. The Bertz CT molecular complexity index is 921. The molecule has 0 aliphatic carbocycles. The highest BCUT2D eigenvalue weighted by molar-refractivity contribution is 6.00. The van der Waals surface area contributed by atoms with Gasteiger partial charge < -0.3 is 9.55 Å². The number of H-pyrrole nitrogens is 1. The summed E-state index contributed by atoms with van der Waals surface area (Å²) in [6.45, 7) is 0. The Morgan fingerprint density at radius 1 is 1.27 bits per heavy atom. The number of benzene rings is 1. The number of carbonyl (C=O) groups is 1. The number of aromatic nitrogens is 2. The third-order valence-electron chi connectivity index (χ3n) is 3.34. The van der Waals surface area contributed by atoms with Gasteiger partial charge in [-0.1, -0.05) is 18.2 Å². The third-order valence-corrected chi connectivity index (χ3v) is 3.34. The van der Waals surface area contributed by atoms with Crippen LogP contribution in [0.1, 0.15) is 15.9 Å². The van der Waals surface area contributed by atoms with E-state index in [-0.39, 0.29) is 11.5 Å². The lowest BCUT2D eigenvalue weighted by atomic mass is 10.2. The summed E-state index contributed by atoms with van der Waals surface area (Å²) >= 11 is 0. The van der Waals surface area contributed by atoms with E-state index in [1.807, 2.05) is 30.5 Å². The largest absolute Gasteiger partial charge is 0.361 e. The average Bonchev–Trinajstić information content (AvgIpc) is 2.93. The number of nitrogens with zero attached hydrogens (tertiary/aromatic N) is 2. The van der Waals surface area contributed by atoms with Crippen LogP contribution in [-0.2, 0) is 7.05 Å². The highest BCUT2D eigenvalue weighted by Gasteiger charge is 2.05. The monoisotopic (exact) mass is 294 g/mol. The Kier molecular flexibility index (Phi) is 3.57. The Labute approximate surface area is 126 Å². The number of carbonyl (C=O) groups excluding carboxylic acids is 1. The van der Waals surface area contributed by atoms with Gasteiger partial charge in [0, 0.05) is 42.0 Å². The number of aromatic amines is 1. The summed E-state index contributed by atoms with van der Waals surface area (Å²) < 4.78 is 1.35. The number of hydrogen-bond donors (Lipinski definition) is 2. The second kappa shape index (κ2) is 5.69. The van der Waals surface area contributed by atoms with Gasteiger partial charge in [-0.25, -0.2) is 5.43 Å². The summed E-state index contributed by atoms with van der Waals surface area (Å²) in [5.41, 5.74) is 4.55. The van der Waals surface area contributed by atoms with Crippen molar-refractivity contribution in [3.8, 4) is 0 Å². The summed E-state index contributed by atoms with van der Waals surface area (Å²) in [5, 5.41) is 4.99. The average molecular weight is 294 g/mol. The van der Waals surface area contributed by atoms with Crippen molar-refractivity contribution in [1.82, 2.24) is 15.0 Å². The van der Waals surface area contributed by atoms with Crippen molar-refractivity contribution in [1.29, 1.82) is 0 Å². The molecule has 0 radical (unpaired) electrons. The zero-order valence-electron chi connectivity index (χ0n) is 11.9. The lowest BCUT2D eigenvalue weighted by Crippen LogP contribution is -2.22. The van der Waals surface area contributed by atoms with Gasteiger partial charge in [-0.2, -0.15) is 5.10 Å². The molecule has 0 atom stereocenters. The first kappa shape index (κ1) is 13.8. The molecule has 0 aliphatic heterocycles. The fraction of sp³-hybridized carbons (Fsp3) is 0.0625. The molecule has 0 spiro atoms. The fourth-order valence-electron chi connectivity index (χ4n) is 2.15. The highest BCUT2D eigenvalue weighted by atomic mass is 16.2. The summed E-state index contributed by atoms with van der Waals surface area (Å²) in [5.74, 6) is -0.369. The Hall–Kier alpha value is -3.15. The van der Waals surface area contributed by atoms with Crippen LogP contribution >= 0.6 is 0 Å². The van der Waals surface area contributed by atoms with Crippen molar-refractivity contribution in [2.24, 2.45) is 12.1 Å². The van der Waals surface area contributed by atoms with E-state index < -0.39 is 0 Å². The minimum atomic E-state index is -0.369. The van der Waals surface area contributed by atoms with Crippen LogP contribution in [0.25, 0.3) is 10.9 Å². The van der Waals surface area contributed by atoms with Gasteiger partial charge >= 0.3 is 0 Å². The first-order valence-electron chi connectivity index (χ1n) is 6.71. The number of pyridine rings is 1. The maximum Gasteiger partial charge on any atom is 0.272 e. The minimum Gasteiger partial charge on any atom is -0.361 e. The van der Waals surface area contributed by atoms with Crippen LogP contribution in [0.5, 0.6) is 0 Å². The first-order chi connectivity index (χ1) is 10.6. The van der Waals surface area contributed by atoms with Gasteiger partial charge in [0.1, 0.15) is 0 Å². The molecule has 2 aromatic heterocycles. The van der Waals surface area contributed by atoms with E-state index in [1.165, 1.54) is 22.9 Å². The lowest BCUT2D eigenvalue weighted by Gasteiger charge is -2.01. The number of para-hydroxylation sites is 1. The number of hydrogen-bond acceptors (Lipinski definition) is 3. The topological polar surface area (TPSA) is 79.2 Å². The van der Waals surface area contributed by atoms with Crippen molar-refractivity contribution in [3.63, 3.8) is 0 Å². The summed E-state index contributed by atoms with van der Waals surface area (Å²) in [6.07, 6.45) is 4.88. The smallest absolute Gasteiger partial charge is 0.272 e. The molecule has 2 heterocycles. The molecule has 0 unspecified atom stereocenters.